The number of methoxy groups -OCH3 is 1. The van der Waals surface area contributed by atoms with E-state index in [2.05, 4.69) is 17.0 Å². The summed E-state index contributed by atoms with van der Waals surface area (Å²) in [5, 5.41) is 0.767. The van der Waals surface area contributed by atoms with E-state index in [1.807, 2.05) is 19.1 Å². The predicted molar refractivity (Wildman–Crippen MR) is 76.3 cm³/mol. The first-order valence-corrected chi connectivity index (χ1v) is 6.96. The Hall–Kier alpha value is -1.06. The summed E-state index contributed by atoms with van der Waals surface area (Å²) in [6.07, 6.45) is 1.86. The van der Waals surface area contributed by atoms with Gasteiger partial charge in [-0.2, -0.15) is 0 Å². The van der Waals surface area contributed by atoms with Gasteiger partial charge in [-0.3, -0.25) is 4.79 Å². The molecule has 2 rings (SSSR count). The van der Waals surface area contributed by atoms with Crippen molar-refractivity contribution in [3.05, 3.63) is 34.9 Å². The van der Waals surface area contributed by atoms with E-state index in [-0.39, 0.29) is 11.4 Å². The third-order valence-electron chi connectivity index (χ3n) is 3.86. The Morgan fingerprint density at radius 2 is 2.11 bits per heavy atom. The molecule has 0 spiro atoms. The quantitative estimate of drug-likeness (QED) is 0.795. The molecular weight excluding hydrogens is 262 g/mol. The van der Waals surface area contributed by atoms with Crippen molar-refractivity contribution in [2.75, 3.05) is 26.7 Å². The zero-order valence-corrected chi connectivity index (χ0v) is 12.2. The number of carbonyl (C=O) groups is 1. The summed E-state index contributed by atoms with van der Waals surface area (Å²) < 4.78 is 4.88. The number of halogens is 1. The summed E-state index contributed by atoms with van der Waals surface area (Å²) in [6.45, 7) is 4.70. The molecule has 0 bridgehead atoms. The van der Waals surface area contributed by atoms with Gasteiger partial charge in [0.1, 0.15) is 0 Å². The lowest BCUT2D eigenvalue weighted by Crippen LogP contribution is -2.33. The van der Waals surface area contributed by atoms with E-state index < -0.39 is 0 Å². The highest BCUT2D eigenvalue weighted by molar-refractivity contribution is 6.30. The zero-order chi connectivity index (χ0) is 13.9. The van der Waals surface area contributed by atoms with Crippen LogP contribution in [-0.4, -0.2) is 37.6 Å². The van der Waals surface area contributed by atoms with Gasteiger partial charge in [-0.15, -0.1) is 0 Å². The number of hydrogen-bond donors (Lipinski definition) is 0. The van der Waals surface area contributed by atoms with Crippen molar-refractivity contribution >= 4 is 17.6 Å². The number of likely N-dealkylation sites (tertiary alicyclic amines) is 1. The Labute approximate surface area is 119 Å². The smallest absolute Gasteiger partial charge is 0.312 e. The van der Waals surface area contributed by atoms with Crippen molar-refractivity contribution in [3.63, 3.8) is 0 Å². The van der Waals surface area contributed by atoms with Crippen molar-refractivity contribution in [1.82, 2.24) is 4.90 Å². The molecule has 1 unspecified atom stereocenters. The van der Waals surface area contributed by atoms with Gasteiger partial charge >= 0.3 is 5.97 Å². The van der Waals surface area contributed by atoms with Crippen LogP contribution in [-0.2, 0) is 16.0 Å². The Kier molecular flexibility index (Phi) is 4.48. The molecule has 1 aromatic rings. The first-order valence-electron chi connectivity index (χ1n) is 6.59. The molecule has 1 aliphatic heterocycles. The molecule has 1 atom stereocenters. The number of rotatable bonds is 4. The van der Waals surface area contributed by atoms with Crippen molar-refractivity contribution in [2.45, 2.75) is 19.8 Å². The fourth-order valence-corrected chi connectivity index (χ4v) is 2.72. The second kappa shape index (κ2) is 5.93. The number of ether oxygens (including phenoxy) is 1. The summed E-state index contributed by atoms with van der Waals surface area (Å²) in [6, 6.07) is 7.94. The Balaban J connectivity index is 1.85. The molecule has 0 amide bonds. The molecule has 1 fully saturated rings. The molecule has 0 radical (unpaired) electrons. The molecule has 3 nitrogen and oxygen atoms in total. The molecule has 1 aromatic carbocycles. The third-order valence-corrected chi connectivity index (χ3v) is 4.11. The van der Waals surface area contributed by atoms with E-state index in [0.717, 1.165) is 37.5 Å². The van der Waals surface area contributed by atoms with Crippen LogP contribution < -0.4 is 0 Å². The topological polar surface area (TPSA) is 29.5 Å². The van der Waals surface area contributed by atoms with Gasteiger partial charge in [0.2, 0.25) is 0 Å². The van der Waals surface area contributed by atoms with Gasteiger partial charge < -0.3 is 9.64 Å². The van der Waals surface area contributed by atoms with E-state index in [9.17, 15) is 4.79 Å². The van der Waals surface area contributed by atoms with Crippen LogP contribution >= 0.6 is 11.6 Å². The van der Waals surface area contributed by atoms with E-state index in [1.165, 1.54) is 12.7 Å². The molecule has 1 heterocycles. The van der Waals surface area contributed by atoms with Crippen LogP contribution in [0.15, 0.2) is 24.3 Å². The van der Waals surface area contributed by atoms with Crippen LogP contribution in [0.1, 0.15) is 18.9 Å². The highest BCUT2D eigenvalue weighted by Gasteiger charge is 2.40. The summed E-state index contributed by atoms with van der Waals surface area (Å²) in [7, 11) is 1.46. The Morgan fingerprint density at radius 1 is 1.42 bits per heavy atom. The summed E-state index contributed by atoms with van der Waals surface area (Å²) in [5.41, 5.74) is 0.936. The third kappa shape index (κ3) is 3.48. The van der Waals surface area contributed by atoms with Gasteiger partial charge in [0.05, 0.1) is 12.5 Å². The van der Waals surface area contributed by atoms with E-state index in [4.69, 9.17) is 16.3 Å². The first-order chi connectivity index (χ1) is 9.03. The van der Waals surface area contributed by atoms with Crippen LogP contribution in [0, 0.1) is 5.41 Å². The summed E-state index contributed by atoms with van der Waals surface area (Å²) in [4.78, 5) is 14.1. The van der Waals surface area contributed by atoms with Crippen LogP contribution in [0.25, 0.3) is 0 Å². The van der Waals surface area contributed by atoms with E-state index >= 15 is 0 Å². The largest absolute Gasteiger partial charge is 0.469 e. The summed E-state index contributed by atoms with van der Waals surface area (Å²) >= 11 is 5.87. The molecule has 104 valence electrons. The number of carbonyl (C=O) groups excluding carboxylic acids is 1. The number of nitrogens with zero attached hydrogens (tertiary/aromatic N) is 1. The molecule has 1 saturated heterocycles. The maximum Gasteiger partial charge on any atom is 0.312 e. The van der Waals surface area contributed by atoms with Crippen molar-refractivity contribution in [1.29, 1.82) is 0 Å². The SMILES string of the molecule is COC(=O)C1(C)CCN(CCc2ccc(Cl)cc2)C1. The minimum absolute atomic E-state index is 0.0958. The predicted octanol–water partition coefficient (Wildman–Crippen LogP) is 2.77. The molecule has 1 aliphatic rings. The molecule has 0 aliphatic carbocycles. The number of esters is 1. The maximum atomic E-state index is 11.7. The standard InChI is InChI=1S/C15H20ClNO2/c1-15(14(18)19-2)8-10-17(11-15)9-7-12-3-5-13(16)6-4-12/h3-6H,7-11H2,1-2H3. The minimum atomic E-state index is -0.339. The van der Waals surface area contributed by atoms with Gasteiger partial charge in [-0.1, -0.05) is 23.7 Å². The maximum absolute atomic E-state index is 11.7. The van der Waals surface area contributed by atoms with Crippen LogP contribution in [0.3, 0.4) is 0 Å². The van der Waals surface area contributed by atoms with Crippen LogP contribution in [0.5, 0.6) is 0 Å². The van der Waals surface area contributed by atoms with E-state index in [0.29, 0.717) is 0 Å². The Morgan fingerprint density at radius 3 is 2.74 bits per heavy atom. The van der Waals surface area contributed by atoms with Crippen molar-refractivity contribution in [3.8, 4) is 0 Å². The molecule has 0 aromatic heterocycles. The van der Waals surface area contributed by atoms with Gasteiger partial charge in [0, 0.05) is 18.1 Å². The first kappa shape index (κ1) is 14.4. The second-order valence-corrected chi connectivity index (χ2v) is 5.89. The van der Waals surface area contributed by atoms with Gasteiger partial charge in [-0.05, 0) is 44.0 Å². The van der Waals surface area contributed by atoms with Gasteiger partial charge in [0.15, 0.2) is 0 Å². The highest BCUT2D eigenvalue weighted by Crippen LogP contribution is 2.31. The van der Waals surface area contributed by atoms with Gasteiger partial charge in [-0.25, -0.2) is 0 Å². The lowest BCUT2D eigenvalue weighted by Gasteiger charge is -2.21. The minimum Gasteiger partial charge on any atom is -0.469 e. The fourth-order valence-electron chi connectivity index (χ4n) is 2.60. The number of hydrogen-bond acceptors (Lipinski definition) is 3. The molecule has 19 heavy (non-hydrogen) atoms. The monoisotopic (exact) mass is 281 g/mol. The second-order valence-electron chi connectivity index (χ2n) is 5.45. The lowest BCUT2D eigenvalue weighted by molar-refractivity contribution is -0.150. The average Bonchev–Trinajstić information content (AvgIpc) is 2.80. The summed E-state index contributed by atoms with van der Waals surface area (Å²) in [5.74, 6) is -0.0958. The zero-order valence-electron chi connectivity index (χ0n) is 11.5. The fraction of sp³-hybridized carbons (Fsp3) is 0.533. The van der Waals surface area contributed by atoms with E-state index in [1.54, 1.807) is 0 Å². The van der Waals surface area contributed by atoms with Gasteiger partial charge in [0.25, 0.3) is 0 Å². The molecular formula is C15H20ClNO2. The lowest BCUT2D eigenvalue weighted by atomic mass is 9.90. The molecule has 0 saturated carbocycles. The molecule has 4 heteroatoms. The Bertz CT molecular complexity index is 446. The van der Waals surface area contributed by atoms with Crippen molar-refractivity contribution < 1.29 is 9.53 Å². The normalized spacial score (nSPS) is 23.5. The molecule has 0 N–H and O–H groups in total. The van der Waals surface area contributed by atoms with Crippen LogP contribution in [0.2, 0.25) is 5.02 Å². The van der Waals surface area contributed by atoms with Crippen molar-refractivity contribution in [2.24, 2.45) is 5.41 Å². The number of benzene rings is 1. The average molecular weight is 282 g/mol. The highest BCUT2D eigenvalue weighted by atomic mass is 35.5. The van der Waals surface area contributed by atoms with Crippen LogP contribution in [0.4, 0.5) is 0 Å².